The maximum Gasteiger partial charge on any atom is 0.338 e. The number of carbonyl (C=O) groups is 2. The van der Waals surface area contributed by atoms with Crippen LogP contribution in [-0.2, 0) is 32.6 Å². The van der Waals surface area contributed by atoms with Crippen molar-refractivity contribution in [1.29, 1.82) is 0 Å². The highest BCUT2D eigenvalue weighted by Gasteiger charge is 2.21. The van der Waals surface area contributed by atoms with Crippen molar-refractivity contribution >= 4 is 43.5 Å². The lowest BCUT2D eigenvalue weighted by molar-refractivity contribution is 0.0526. The third kappa shape index (κ3) is 6.51. The molecule has 0 saturated heterocycles. The topological polar surface area (TPSA) is 107 Å². The first kappa shape index (κ1) is 28.4. The number of aromatic nitrogens is 1. The molecule has 0 aliphatic rings. The largest absolute Gasteiger partial charge is 0.462 e. The van der Waals surface area contributed by atoms with Crippen molar-refractivity contribution in [1.82, 2.24) is 8.87 Å². The van der Waals surface area contributed by atoms with Gasteiger partial charge in [0.2, 0.25) is 10.0 Å². The van der Waals surface area contributed by atoms with Gasteiger partial charge in [-0.1, -0.05) is 41.7 Å². The number of esters is 1. The van der Waals surface area contributed by atoms with Gasteiger partial charge in [0.1, 0.15) is 0 Å². The number of hydrogen-bond donors (Lipinski definition) is 0. The van der Waals surface area contributed by atoms with Crippen LogP contribution in [0.5, 0.6) is 0 Å². The Kier molecular flexibility index (Phi) is 9.08. The molecule has 4 aromatic rings. The molecule has 0 N–H and O–H groups in total. The predicted octanol–water partition coefficient (Wildman–Crippen LogP) is 4.09. The van der Waals surface area contributed by atoms with Gasteiger partial charge in [0.05, 0.1) is 33.9 Å². The Labute approximate surface area is 231 Å². The normalized spacial score (nSPS) is 12.3. The van der Waals surface area contributed by atoms with Gasteiger partial charge in [0.15, 0.2) is 4.80 Å². The van der Waals surface area contributed by atoms with Crippen LogP contribution in [0, 0.1) is 0 Å². The molecule has 4 rings (SSSR count). The predicted molar refractivity (Wildman–Crippen MR) is 149 cm³/mol. The molecule has 0 unspecified atom stereocenters. The fourth-order valence-corrected chi connectivity index (χ4v) is 6.18. The molecule has 0 radical (unpaired) electrons. The van der Waals surface area contributed by atoms with E-state index < -0.39 is 21.9 Å². The van der Waals surface area contributed by atoms with Crippen LogP contribution in [0.2, 0.25) is 0 Å². The summed E-state index contributed by atoms with van der Waals surface area (Å²) in [5.74, 6) is -0.935. The number of rotatable bonds is 10. The molecular formula is C28H29N3O6S2. The van der Waals surface area contributed by atoms with Crippen molar-refractivity contribution in [2.24, 2.45) is 4.99 Å². The van der Waals surface area contributed by atoms with Gasteiger partial charge in [0, 0.05) is 32.8 Å². The molecule has 1 amide bonds. The van der Waals surface area contributed by atoms with Crippen LogP contribution in [0.25, 0.3) is 10.2 Å². The number of methoxy groups -OCH3 is 1. The van der Waals surface area contributed by atoms with Crippen LogP contribution < -0.4 is 4.80 Å². The maximum absolute atomic E-state index is 13.1. The monoisotopic (exact) mass is 567 g/mol. The molecule has 0 fully saturated rings. The van der Waals surface area contributed by atoms with E-state index in [2.05, 4.69) is 4.99 Å². The molecule has 0 aliphatic heterocycles. The van der Waals surface area contributed by atoms with Crippen molar-refractivity contribution < 1.29 is 27.5 Å². The number of nitrogens with zero attached hydrogens (tertiary/aromatic N) is 3. The molecule has 9 nitrogen and oxygen atoms in total. The summed E-state index contributed by atoms with van der Waals surface area (Å²) in [5.41, 5.74) is 2.34. The SMILES string of the molecule is CCOC(=O)c1ccc2c(c1)sc(=NC(=O)c1ccc(S(=O)(=O)N(C)Cc3ccccc3)cc1)n2CCOC. The first-order valence-electron chi connectivity index (χ1n) is 12.2. The average Bonchev–Trinajstić information content (AvgIpc) is 3.28. The Morgan fingerprint density at radius 1 is 1.00 bits per heavy atom. The molecule has 0 saturated carbocycles. The fourth-order valence-electron chi connectivity index (χ4n) is 3.92. The zero-order valence-electron chi connectivity index (χ0n) is 21.9. The number of sulfonamides is 1. The van der Waals surface area contributed by atoms with Crippen LogP contribution in [0.4, 0.5) is 0 Å². The van der Waals surface area contributed by atoms with E-state index in [1.807, 2.05) is 34.9 Å². The molecule has 11 heteroatoms. The molecule has 0 atom stereocenters. The highest BCUT2D eigenvalue weighted by Crippen LogP contribution is 2.21. The smallest absolute Gasteiger partial charge is 0.338 e. The second kappa shape index (κ2) is 12.5. The highest BCUT2D eigenvalue weighted by molar-refractivity contribution is 7.89. The van der Waals surface area contributed by atoms with Gasteiger partial charge < -0.3 is 14.0 Å². The van der Waals surface area contributed by atoms with Crippen molar-refractivity contribution in [3.63, 3.8) is 0 Å². The first-order chi connectivity index (χ1) is 18.7. The van der Waals surface area contributed by atoms with E-state index in [9.17, 15) is 18.0 Å². The van der Waals surface area contributed by atoms with E-state index in [1.165, 1.54) is 47.0 Å². The molecule has 0 bridgehead atoms. The second-order valence-electron chi connectivity index (χ2n) is 8.62. The van der Waals surface area contributed by atoms with E-state index in [-0.39, 0.29) is 23.6 Å². The summed E-state index contributed by atoms with van der Waals surface area (Å²) < 4.78 is 40.3. The van der Waals surface area contributed by atoms with Crippen LogP contribution in [0.15, 0.2) is 82.7 Å². The first-order valence-corrected chi connectivity index (χ1v) is 14.5. The van der Waals surface area contributed by atoms with E-state index >= 15 is 0 Å². The molecular weight excluding hydrogens is 538 g/mol. The van der Waals surface area contributed by atoms with Gasteiger partial charge >= 0.3 is 5.97 Å². The minimum atomic E-state index is -3.75. The van der Waals surface area contributed by atoms with Crippen LogP contribution >= 0.6 is 11.3 Å². The second-order valence-corrected chi connectivity index (χ2v) is 11.7. The summed E-state index contributed by atoms with van der Waals surface area (Å²) in [6, 6.07) is 20.2. The van der Waals surface area contributed by atoms with E-state index in [0.717, 1.165) is 15.8 Å². The third-order valence-corrected chi connectivity index (χ3v) is 8.83. The molecule has 0 aliphatic carbocycles. The number of amides is 1. The lowest BCUT2D eigenvalue weighted by Gasteiger charge is -2.17. The number of carbonyl (C=O) groups excluding carboxylic acids is 2. The number of fused-ring (bicyclic) bond motifs is 1. The maximum atomic E-state index is 13.1. The third-order valence-electron chi connectivity index (χ3n) is 5.97. The van der Waals surface area contributed by atoms with Crippen molar-refractivity contribution in [3.05, 3.63) is 94.3 Å². The molecule has 0 spiro atoms. The van der Waals surface area contributed by atoms with Gasteiger partial charge in [-0.2, -0.15) is 9.30 Å². The number of thiazole rings is 1. The summed E-state index contributed by atoms with van der Waals surface area (Å²) in [6.07, 6.45) is 0. The lowest BCUT2D eigenvalue weighted by Crippen LogP contribution is -2.26. The molecule has 204 valence electrons. The van der Waals surface area contributed by atoms with Gasteiger partial charge in [-0.25, -0.2) is 13.2 Å². The van der Waals surface area contributed by atoms with Gasteiger partial charge in [-0.15, -0.1) is 0 Å². The zero-order chi connectivity index (χ0) is 28.0. The minimum absolute atomic E-state index is 0.0843. The van der Waals surface area contributed by atoms with Crippen molar-refractivity contribution in [2.75, 3.05) is 27.4 Å². The Balaban J connectivity index is 1.62. The summed E-state index contributed by atoms with van der Waals surface area (Å²) in [4.78, 5) is 30.1. The van der Waals surface area contributed by atoms with E-state index in [4.69, 9.17) is 9.47 Å². The van der Waals surface area contributed by atoms with Gasteiger partial charge in [-0.05, 0) is 55.0 Å². The van der Waals surface area contributed by atoms with Crippen molar-refractivity contribution in [3.8, 4) is 0 Å². The Hall–Kier alpha value is -3.64. The molecule has 1 heterocycles. The number of hydrogen-bond acceptors (Lipinski definition) is 7. The summed E-state index contributed by atoms with van der Waals surface area (Å²) in [7, 11) is -0.646. The fraction of sp³-hybridized carbons (Fsp3) is 0.250. The van der Waals surface area contributed by atoms with Crippen LogP contribution in [0.1, 0.15) is 33.2 Å². The lowest BCUT2D eigenvalue weighted by atomic mass is 10.2. The van der Waals surface area contributed by atoms with E-state index in [1.54, 1.807) is 32.2 Å². The summed E-state index contributed by atoms with van der Waals surface area (Å²) in [6.45, 7) is 3.09. The van der Waals surface area contributed by atoms with Crippen molar-refractivity contribution in [2.45, 2.75) is 24.9 Å². The quantitative estimate of drug-likeness (QED) is 0.267. The number of ether oxygens (including phenoxy) is 2. The Bertz CT molecular complexity index is 1640. The standard InChI is InChI=1S/C28H29N3O6S2/c1-4-37-27(33)22-12-15-24-25(18-22)38-28(31(24)16-17-36-3)29-26(32)21-10-13-23(14-11-21)39(34,35)30(2)19-20-8-6-5-7-9-20/h5-15,18H,4,16-17,19H2,1-3H3. The highest BCUT2D eigenvalue weighted by atomic mass is 32.2. The Morgan fingerprint density at radius 2 is 1.69 bits per heavy atom. The van der Waals surface area contributed by atoms with E-state index in [0.29, 0.717) is 23.5 Å². The summed E-state index contributed by atoms with van der Waals surface area (Å²) in [5, 5.41) is 0. The molecule has 1 aromatic heterocycles. The molecule has 39 heavy (non-hydrogen) atoms. The van der Waals surface area contributed by atoms with Crippen LogP contribution in [0.3, 0.4) is 0 Å². The van der Waals surface area contributed by atoms with Crippen LogP contribution in [-0.4, -0.2) is 56.5 Å². The van der Waals surface area contributed by atoms with Gasteiger partial charge in [0.25, 0.3) is 5.91 Å². The number of benzene rings is 3. The zero-order valence-corrected chi connectivity index (χ0v) is 23.5. The minimum Gasteiger partial charge on any atom is -0.462 e. The average molecular weight is 568 g/mol. The summed E-state index contributed by atoms with van der Waals surface area (Å²) >= 11 is 1.27. The Morgan fingerprint density at radius 3 is 2.36 bits per heavy atom. The van der Waals surface area contributed by atoms with Gasteiger partial charge in [-0.3, -0.25) is 4.79 Å². The molecule has 3 aromatic carbocycles.